The quantitative estimate of drug-likeness (QED) is 0.769. The van der Waals surface area contributed by atoms with Gasteiger partial charge >= 0.3 is 5.76 Å². The van der Waals surface area contributed by atoms with Gasteiger partial charge in [-0.05, 0) is 58.6 Å². The van der Waals surface area contributed by atoms with Crippen molar-refractivity contribution in [1.82, 2.24) is 14.2 Å². The Morgan fingerprint density at radius 3 is 2.45 bits per heavy atom. The summed E-state index contributed by atoms with van der Waals surface area (Å²) in [6, 6.07) is 4.58. The number of carbonyl (C=O) groups is 1. The molecule has 1 saturated heterocycles. The molecule has 0 bridgehead atoms. The molecule has 1 aliphatic rings. The zero-order valence-corrected chi connectivity index (χ0v) is 18.2. The predicted molar refractivity (Wildman–Crippen MR) is 110 cm³/mol. The molecule has 8 nitrogen and oxygen atoms in total. The number of carbonyl (C=O) groups excluding carboxylic acids is 1. The fraction of sp³-hybridized carbons (Fsp3) is 0.600. The lowest BCUT2D eigenvalue weighted by Gasteiger charge is -2.31. The molecule has 1 amide bonds. The van der Waals surface area contributed by atoms with Crippen molar-refractivity contribution in [2.24, 2.45) is 5.92 Å². The van der Waals surface area contributed by atoms with E-state index in [9.17, 15) is 18.0 Å². The Labute approximate surface area is 170 Å². The van der Waals surface area contributed by atoms with Crippen LogP contribution in [0.15, 0.2) is 32.3 Å². The zero-order valence-electron chi connectivity index (χ0n) is 17.3. The van der Waals surface area contributed by atoms with Gasteiger partial charge in [-0.3, -0.25) is 9.36 Å². The lowest BCUT2D eigenvalue weighted by molar-refractivity contribution is -0.122. The molecular weight excluding hydrogens is 394 g/mol. The molecule has 2 aromatic rings. The molecule has 0 atom stereocenters. The standard InChI is InChI=1S/C20H29N3O5S/c1-13(2)21-19(24)11-15-7-9-22(10-8-15)29(26,27)16-5-6-17-18(12-16)28-20(25)23(17)14(3)4/h5-6,12-15H,7-11H2,1-4H3,(H,21,24). The number of rotatable bonds is 6. The van der Waals surface area contributed by atoms with Gasteiger partial charge in [0.25, 0.3) is 0 Å². The number of hydrogen-bond donors (Lipinski definition) is 1. The highest BCUT2D eigenvalue weighted by atomic mass is 32.2. The monoisotopic (exact) mass is 423 g/mol. The molecule has 3 rings (SSSR count). The second-order valence-corrected chi connectivity index (χ2v) is 10.2. The maximum absolute atomic E-state index is 13.1. The minimum Gasteiger partial charge on any atom is -0.408 e. The van der Waals surface area contributed by atoms with E-state index in [4.69, 9.17) is 4.42 Å². The number of amides is 1. The molecule has 0 aliphatic carbocycles. The predicted octanol–water partition coefficient (Wildman–Crippen LogP) is 2.49. The van der Waals surface area contributed by atoms with Crippen LogP contribution in [-0.4, -0.2) is 42.3 Å². The fourth-order valence-corrected chi connectivity index (χ4v) is 5.30. The van der Waals surface area contributed by atoms with Crippen LogP contribution in [-0.2, 0) is 14.8 Å². The van der Waals surface area contributed by atoms with Gasteiger partial charge in [0.15, 0.2) is 5.58 Å². The Kier molecular flexibility index (Phi) is 6.19. The summed E-state index contributed by atoms with van der Waals surface area (Å²) in [5, 5.41) is 2.88. The van der Waals surface area contributed by atoms with Gasteiger partial charge in [-0.2, -0.15) is 4.31 Å². The van der Waals surface area contributed by atoms with Gasteiger partial charge in [0.05, 0.1) is 10.4 Å². The van der Waals surface area contributed by atoms with Gasteiger partial charge in [0, 0.05) is 37.7 Å². The first kappa shape index (κ1) is 21.6. The highest BCUT2D eigenvalue weighted by molar-refractivity contribution is 7.89. The number of oxazole rings is 1. The van der Waals surface area contributed by atoms with Crippen LogP contribution in [0, 0.1) is 5.92 Å². The minimum atomic E-state index is -3.69. The maximum atomic E-state index is 13.1. The van der Waals surface area contributed by atoms with E-state index >= 15 is 0 Å². The second-order valence-electron chi connectivity index (χ2n) is 8.24. The first-order valence-electron chi connectivity index (χ1n) is 10.0. The lowest BCUT2D eigenvalue weighted by Crippen LogP contribution is -2.40. The Balaban J connectivity index is 1.73. The zero-order chi connectivity index (χ0) is 21.3. The van der Waals surface area contributed by atoms with E-state index < -0.39 is 15.8 Å². The summed E-state index contributed by atoms with van der Waals surface area (Å²) >= 11 is 0. The van der Waals surface area contributed by atoms with Crippen molar-refractivity contribution in [3.63, 3.8) is 0 Å². The average molecular weight is 424 g/mol. The van der Waals surface area contributed by atoms with E-state index in [1.54, 1.807) is 6.07 Å². The van der Waals surface area contributed by atoms with Gasteiger partial charge in [-0.1, -0.05) is 0 Å². The lowest BCUT2D eigenvalue weighted by atomic mass is 9.94. The van der Waals surface area contributed by atoms with Crippen LogP contribution in [0.4, 0.5) is 0 Å². The summed E-state index contributed by atoms with van der Waals surface area (Å²) in [6.07, 6.45) is 1.71. The maximum Gasteiger partial charge on any atom is 0.420 e. The number of nitrogens with zero attached hydrogens (tertiary/aromatic N) is 2. The number of benzene rings is 1. The van der Waals surface area contributed by atoms with Crippen molar-refractivity contribution in [3.8, 4) is 0 Å². The third kappa shape index (κ3) is 4.56. The van der Waals surface area contributed by atoms with E-state index in [2.05, 4.69) is 5.32 Å². The number of hydrogen-bond acceptors (Lipinski definition) is 5. The number of piperidine rings is 1. The number of nitrogens with one attached hydrogen (secondary N) is 1. The molecule has 1 fully saturated rings. The largest absolute Gasteiger partial charge is 0.420 e. The molecular formula is C20H29N3O5S. The molecule has 1 aliphatic heterocycles. The van der Waals surface area contributed by atoms with Crippen molar-refractivity contribution < 1.29 is 17.6 Å². The van der Waals surface area contributed by atoms with Crippen molar-refractivity contribution in [2.75, 3.05) is 13.1 Å². The Morgan fingerprint density at radius 1 is 1.21 bits per heavy atom. The van der Waals surface area contributed by atoms with Crippen LogP contribution >= 0.6 is 0 Å². The Bertz CT molecular complexity index is 1040. The second kappa shape index (κ2) is 8.31. The number of aromatic nitrogens is 1. The normalized spacial score (nSPS) is 16.8. The smallest absolute Gasteiger partial charge is 0.408 e. The van der Waals surface area contributed by atoms with Crippen LogP contribution in [0.2, 0.25) is 0 Å². The van der Waals surface area contributed by atoms with Crippen LogP contribution in [0.5, 0.6) is 0 Å². The summed E-state index contributed by atoms with van der Waals surface area (Å²) < 4.78 is 34.3. The van der Waals surface area contributed by atoms with Crippen LogP contribution < -0.4 is 11.1 Å². The molecule has 0 saturated carbocycles. The topological polar surface area (TPSA) is 102 Å². The summed E-state index contributed by atoms with van der Waals surface area (Å²) in [6.45, 7) is 8.32. The molecule has 29 heavy (non-hydrogen) atoms. The van der Waals surface area contributed by atoms with E-state index in [-0.39, 0.29) is 34.4 Å². The Hall–Kier alpha value is -2.13. The van der Waals surface area contributed by atoms with Crippen LogP contribution in [0.1, 0.15) is 53.0 Å². The van der Waals surface area contributed by atoms with Gasteiger partial charge in [0.1, 0.15) is 0 Å². The van der Waals surface area contributed by atoms with E-state index in [0.717, 1.165) is 0 Å². The summed E-state index contributed by atoms with van der Waals surface area (Å²) in [5.74, 6) is -0.303. The SMILES string of the molecule is CC(C)NC(=O)CC1CCN(S(=O)(=O)c2ccc3c(c2)oc(=O)n3C(C)C)CC1. The summed E-state index contributed by atoms with van der Waals surface area (Å²) in [4.78, 5) is 24.1. The highest BCUT2D eigenvalue weighted by Crippen LogP contribution is 2.28. The Morgan fingerprint density at radius 2 is 1.86 bits per heavy atom. The molecule has 0 radical (unpaired) electrons. The molecule has 160 valence electrons. The first-order chi connectivity index (χ1) is 13.6. The molecule has 0 unspecified atom stereocenters. The third-order valence-electron chi connectivity index (χ3n) is 5.24. The van der Waals surface area contributed by atoms with Crippen molar-refractivity contribution in [1.29, 1.82) is 0 Å². The van der Waals surface area contributed by atoms with Crippen LogP contribution in [0.3, 0.4) is 0 Å². The van der Waals surface area contributed by atoms with Gasteiger partial charge in [0.2, 0.25) is 15.9 Å². The summed E-state index contributed by atoms with van der Waals surface area (Å²) in [7, 11) is -3.69. The third-order valence-corrected chi connectivity index (χ3v) is 7.13. The van der Waals surface area contributed by atoms with Gasteiger partial charge in [-0.15, -0.1) is 0 Å². The molecule has 9 heteroatoms. The molecule has 1 aromatic carbocycles. The van der Waals surface area contributed by atoms with Crippen LogP contribution in [0.25, 0.3) is 11.1 Å². The summed E-state index contributed by atoms with van der Waals surface area (Å²) in [5.41, 5.74) is 0.851. The highest BCUT2D eigenvalue weighted by Gasteiger charge is 2.31. The van der Waals surface area contributed by atoms with Gasteiger partial charge < -0.3 is 9.73 Å². The molecule has 0 spiro atoms. The van der Waals surface area contributed by atoms with Gasteiger partial charge in [-0.25, -0.2) is 13.2 Å². The minimum absolute atomic E-state index is 0.0106. The fourth-order valence-electron chi connectivity index (χ4n) is 3.81. The molecule has 1 aromatic heterocycles. The van der Waals surface area contributed by atoms with Crippen molar-refractivity contribution in [3.05, 3.63) is 28.7 Å². The number of fused-ring (bicyclic) bond motifs is 1. The number of sulfonamides is 1. The van der Waals surface area contributed by atoms with E-state index in [1.807, 2.05) is 27.7 Å². The first-order valence-corrected chi connectivity index (χ1v) is 11.5. The van der Waals surface area contributed by atoms with E-state index in [1.165, 1.54) is 21.0 Å². The molecule has 1 N–H and O–H groups in total. The van der Waals surface area contributed by atoms with Crippen molar-refractivity contribution >= 4 is 27.0 Å². The van der Waals surface area contributed by atoms with Crippen molar-refractivity contribution in [2.45, 2.75) is 63.9 Å². The van der Waals surface area contributed by atoms with E-state index in [0.29, 0.717) is 37.9 Å². The average Bonchev–Trinajstić information content (AvgIpc) is 2.96. The molecule has 2 heterocycles.